The minimum absolute atomic E-state index is 0.135. The summed E-state index contributed by atoms with van der Waals surface area (Å²) in [6, 6.07) is 1.23. The van der Waals surface area contributed by atoms with Crippen LogP contribution in [-0.2, 0) is 18.8 Å². The van der Waals surface area contributed by atoms with Crippen LogP contribution in [0.4, 0.5) is 0 Å². The third-order valence-electron chi connectivity index (χ3n) is 5.04. The van der Waals surface area contributed by atoms with Crippen LogP contribution in [0.25, 0.3) is 0 Å². The Balaban J connectivity index is 1.80. The molecule has 1 aromatic rings. The Hall–Kier alpha value is -2.15. The molecule has 3 heterocycles. The smallest absolute Gasteiger partial charge is 0.331 e. The average molecular weight is 333 g/mol. The standard InChI is InChI=1S/C17H23N3O4/c1-12-4-9-24-17(11-12)5-7-20(8-6-17)15(22)13-10-14(21)19(3)16(23)18(13)2/h10-11H,4-9H2,1-3H3. The highest BCUT2D eigenvalue weighted by molar-refractivity contribution is 5.92. The molecule has 7 heteroatoms. The third-order valence-corrected chi connectivity index (χ3v) is 5.04. The number of hydrogen-bond acceptors (Lipinski definition) is 4. The normalized spacial score (nSPS) is 20.1. The van der Waals surface area contributed by atoms with E-state index in [1.807, 2.05) is 0 Å². The molecular formula is C17H23N3O4. The van der Waals surface area contributed by atoms with Gasteiger partial charge in [0.05, 0.1) is 12.2 Å². The lowest BCUT2D eigenvalue weighted by Gasteiger charge is -2.42. The van der Waals surface area contributed by atoms with Crippen LogP contribution in [0.1, 0.15) is 36.7 Å². The van der Waals surface area contributed by atoms with Crippen LogP contribution >= 0.6 is 0 Å². The number of hydrogen-bond donors (Lipinski definition) is 0. The van der Waals surface area contributed by atoms with E-state index in [9.17, 15) is 14.4 Å². The molecule has 0 aliphatic carbocycles. The predicted molar refractivity (Wildman–Crippen MR) is 89.1 cm³/mol. The van der Waals surface area contributed by atoms with Crippen molar-refractivity contribution in [1.29, 1.82) is 0 Å². The molecule has 130 valence electrons. The predicted octanol–water partition coefficient (Wildman–Crippen LogP) is 0.425. The highest BCUT2D eigenvalue weighted by Crippen LogP contribution is 2.33. The highest BCUT2D eigenvalue weighted by atomic mass is 16.5. The Morgan fingerprint density at radius 1 is 1.17 bits per heavy atom. The number of piperidine rings is 1. The molecular weight excluding hydrogens is 310 g/mol. The molecule has 0 radical (unpaired) electrons. The van der Waals surface area contributed by atoms with Gasteiger partial charge in [-0.3, -0.25) is 18.7 Å². The average Bonchev–Trinajstić information content (AvgIpc) is 2.56. The lowest BCUT2D eigenvalue weighted by atomic mass is 9.87. The summed E-state index contributed by atoms with van der Waals surface area (Å²) in [5.41, 5.74) is 0.237. The first kappa shape index (κ1) is 16.7. The van der Waals surface area contributed by atoms with Gasteiger partial charge in [-0.05, 0) is 26.2 Å². The van der Waals surface area contributed by atoms with Crippen molar-refractivity contribution in [3.8, 4) is 0 Å². The van der Waals surface area contributed by atoms with Crippen molar-refractivity contribution in [3.05, 3.63) is 44.2 Å². The molecule has 0 bridgehead atoms. The topological polar surface area (TPSA) is 73.5 Å². The zero-order chi connectivity index (χ0) is 17.5. The molecule has 0 atom stereocenters. The largest absolute Gasteiger partial charge is 0.370 e. The Bertz CT molecular complexity index is 810. The van der Waals surface area contributed by atoms with E-state index in [0.717, 1.165) is 30.4 Å². The maximum Gasteiger partial charge on any atom is 0.331 e. The van der Waals surface area contributed by atoms with Crippen molar-refractivity contribution >= 4 is 5.91 Å². The van der Waals surface area contributed by atoms with Crippen molar-refractivity contribution in [2.45, 2.75) is 31.8 Å². The fourth-order valence-corrected chi connectivity index (χ4v) is 3.46. The zero-order valence-electron chi connectivity index (χ0n) is 14.4. The Morgan fingerprint density at radius 2 is 1.83 bits per heavy atom. The van der Waals surface area contributed by atoms with E-state index in [1.165, 1.54) is 30.3 Å². The van der Waals surface area contributed by atoms with Gasteiger partial charge >= 0.3 is 5.69 Å². The first-order valence-electron chi connectivity index (χ1n) is 8.22. The van der Waals surface area contributed by atoms with E-state index >= 15 is 0 Å². The molecule has 1 aromatic heterocycles. The first-order chi connectivity index (χ1) is 11.3. The van der Waals surface area contributed by atoms with Crippen molar-refractivity contribution in [1.82, 2.24) is 14.0 Å². The summed E-state index contributed by atoms with van der Waals surface area (Å²) >= 11 is 0. The molecule has 2 aliphatic heterocycles. The third kappa shape index (κ3) is 2.84. The highest BCUT2D eigenvalue weighted by Gasteiger charge is 2.37. The van der Waals surface area contributed by atoms with Gasteiger partial charge in [0, 0.05) is 33.3 Å². The summed E-state index contributed by atoms with van der Waals surface area (Å²) in [5, 5.41) is 0. The van der Waals surface area contributed by atoms with E-state index in [1.54, 1.807) is 4.90 Å². The van der Waals surface area contributed by atoms with Gasteiger partial charge in [0.1, 0.15) is 5.69 Å². The van der Waals surface area contributed by atoms with Crippen LogP contribution in [-0.4, -0.2) is 45.2 Å². The summed E-state index contributed by atoms with van der Waals surface area (Å²) in [4.78, 5) is 38.3. The second-order valence-corrected chi connectivity index (χ2v) is 6.71. The van der Waals surface area contributed by atoms with E-state index in [2.05, 4.69) is 13.0 Å². The van der Waals surface area contributed by atoms with Crippen LogP contribution in [0.15, 0.2) is 27.3 Å². The van der Waals surface area contributed by atoms with E-state index in [0.29, 0.717) is 13.1 Å². The van der Waals surface area contributed by atoms with Gasteiger partial charge in [0.25, 0.3) is 11.5 Å². The van der Waals surface area contributed by atoms with Crippen molar-refractivity contribution in [2.24, 2.45) is 14.1 Å². The van der Waals surface area contributed by atoms with Crippen LogP contribution in [0.2, 0.25) is 0 Å². The Morgan fingerprint density at radius 3 is 2.46 bits per heavy atom. The lowest BCUT2D eigenvalue weighted by molar-refractivity contribution is -0.0523. The van der Waals surface area contributed by atoms with Crippen LogP contribution in [0, 0.1) is 0 Å². The van der Waals surface area contributed by atoms with E-state index in [4.69, 9.17) is 4.74 Å². The monoisotopic (exact) mass is 333 g/mol. The summed E-state index contributed by atoms with van der Waals surface area (Å²) in [5.74, 6) is -0.279. The number of likely N-dealkylation sites (tertiary alicyclic amines) is 1. The molecule has 1 saturated heterocycles. The van der Waals surface area contributed by atoms with E-state index < -0.39 is 11.2 Å². The molecule has 2 aliphatic rings. The van der Waals surface area contributed by atoms with Crippen LogP contribution in [0.3, 0.4) is 0 Å². The fourth-order valence-electron chi connectivity index (χ4n) is 3.46. The van der Waals surface area contributed by atoms with Crippen LogP contribution in [0.5, 0.6) is 0 Å². The number of aromatic nitrogens is 2. The van der Waals surface area contributed by atoms with Gasteiger partial charge in [-0.1, -0.05) is 11.6 Å². The Labute approximate surface area is 140 Å². The summed E-state index contributed by atoms with van der Waals surface area (Å²) in [6.45, 7) is 3.93. The number of nitrogens with zero attached hydrogens (tertiary/aromatic N) is 3. The first-order valence-corrected chi connectivity index (χ1v) is 8.22. The zero-order valence-corrected chi connectivity index (χ0v) is 14.4. The second kappa shape index (κ2) is 6.05. The fraction of sp³-hybridized carbons (Fsp3) is 0.588. The van der Waals surface area contributed by atoms with Crippen molar-refractivity contribution in [2.75, 3.05) is 19.7 Å². The molecule has 0 N–H and O–H groups in total. The van der Waals surface area contributed by atoms with E-state index in [-0.39, 0.29) is 17.2 Å². The van der Waals surface area contributed by atoms with Crippen molar-refractivity contribution in [3.63, 3.8) is 0 Å². The molecule has 0 aromatic carbocycles. The van der Waals surface area contributed by atoms with Gasteiger partial charge in [-0.25, -0.2) is 4.79 Å². The SMILES string of the molecule is CC1=CC2(CCN(C(=O)c3cc(=O)n(C)c(=O)n3C)CC2)OCC1. The number of ether oxygens (including phenoxy) is 1. The molecule has 0 unspecified atom stereocenters. The summed E-state index contributed by atoms with van der Waals surface area (Å²) in [6.07, 6.45) is 4.61. The van der Waals surface area contributed by atoms with Gasteiger partial charge in [-0.15, -0.1) is 0 Å². The quantitative estimate of drug-likeness (QED) is 0.699. The van der Waals surface area contributed by atoms with Gasteiger partial charge < -0.3 is 9.64 Å². The number of amides is 1. The molecule has 3 rings (SSSR count). The number of rotatable bonds is 1. The van der Waals surface area contributed by atoms with Gasteiger partial charge in [0.2, 0.25) is 0 Å². The molecule has 24 heavy (non-hydrogen) atoms. The van der Waals surface area contributed by atoms with Crippen LogP contribution < -0.4 is 11.2 Å². The molecule has 1 amide bonds. The number of carbonyl (C=O) groups is 1. The minimum atomic E-state index is -0.492. The second-order valence-electron chi connectivity index (χ2n) is 6.71. The molecule has 0 saturated carbocycles. The molecule has 1 spiro atoms. The molecule has 1 fully saturated rings. The maximum absolute atomic E-state index is 12.7. The summed E-state index contributed by atoms with van der Waals surface area (Å²) < 4.78 is 8.19. The minimum Gasteiger partial charge on any atom is -0.370 e. The maximum atomic E-state index is 12.7. The van der Waals surface area contributed by atoms with Gasteiger partial charge in [-0.2, -0.15) is 0 Å². The number of carbonyl (C=O) groups excluding carboxylic acids is 1. The lowest BCUT2D eigenvalue weighted by Crippen LogP contribution is -2.49. The molecule has 7 nitrogen and oxygen atoms in total. The Kier molecular flexibility index (Phi) is 4.21. The van der Waals surface area contributed by atoms with Crippen molar-refractivity contribution < 1.29 is 9.53 Å². The summed E-state index contributed by atoms with van der Waals surface area (Å²) in [7, 11) is 2.91. The van der Waals surface area contributed by atoms with Gasteiger partial charge in [0.15, 0.2) is 0 Å².